The maximum atomic E-state index is 13.3. The molecule has 1 aromatic heterocycles. The van der Waals surface area contributed by atoms with Crippen LogP contribution in [0.4, 0.5) is 15.3 Å². The highest BCUT2D eigenvalue weighted by atomic mass is 16.6. The lowest BCUT2D eigenvalue weighted by Crippen LogP contribution is -2.37. The number of benzene rings is 2. The molecule has 0 aliphatic heterocycles. The third kappa shape index (κ3) is 8.36. The fraction of sp³-hybridized carbons (Fsp3) is 0.357. The minimum absolute atomic E-state index is 0.0200. The number of aromatic hydroxyl groups is 1. The average Bonchev–Trinajstić information content (AvgIpc) is 3.29. The van der Waals surface area contributed by atoms with Crippen molar-refractivity contribution in [3.63, 3.8) is 0 Å². The van der Waals surface area contributed by atoms with Crippen molar-refractivity contribution < 1.29 is 29.0 Å². The summed E-state index contributed by atoms with van der Waals surface area (Å²) in [6.45, 7) is 10.6. The first-order valence-corrected chi connectivity index (χ1v) is 12.2. The number of amides is 2. The molecule has 0 fully saturated rings. The fourth-order valence-electron chi connectivity index (χ4n) is 3.45. The van der Waals surface area contributed by atoms with Crippen LogP contribution in [-0.4, -0.2) is 50.7 Å². The van der Waals surface area contributed by atoms with Crippen LogP contribution in [0.2, 0.25) is 0 Å². The molecule has 0 aliphatic rings. The highest BCUT2D eigenvalue weighted by Crippen LogP contribution is 2.25. The first-order chi connectivity index (χ1) is 17.7. The van der Waals surface area contributed by atoms with Crippen molar-refractivity contribution in [2.75, 3.05) is 11.9 Å². The second-order valence-corrected chi connectivity index (χ2v) is 10.8. The number of aromatic nitrogens is 2. The molecule has 2 aromatic carbocycles. The lowest BCUT2D eigenvalue weighted by atomic mass is 9.97. The van der Waals surface area contributed by atoms with E-state index >= 15 is 0 Å². The van der Waals surface area contributed by atoms with Gasteiger partial charge in [0.15, 0.2) is 0 Å². The largest absolute Gasteiger partial charge is 0.508 e. The number of nitrogens with one attached hydrogen (secondary N) is 2. The summed E-state index contributed by atoms with van der Waals surface area (Å²) < 4.78 is 11.8. The number of rotatable bonds is 6. The molecule has 10 nitrogen and oxygen atoms in total. The SMILES string of the molecule is CC(C)(C)OC(=O)NCC(C(=O)Nc1cccc(-c2cnn(C(=O)OC(C)(C)C)c2)c1)c1ccc(O)cc1. The minimum Gasteiger partial charge on any atom is -0.508 e. The number of phenols is 1. The van der Waals surface area contributed by atoms with Crippen LogP contribution in [0.5, 0.6) is 5.75 Å². The van der Waals surface area contributed by atoms with Gasteiger partial charge in [0, 0.05) is 24.0 Å². The van der Waals surface area contributed by atoms with Crippen molar-refractivity contribution >= 4 is 23.8 Å². The first kappa shape index (κ1) is 28.2. The predicted molar refractivity (Wildman–Crippen MR) is 143 cm³/mol. The summed E-state index contributed by atoms with van der Waals surface area (Å²) in [5, 5.41) is 19.3. The molecule has 3 N–H and O–H groups in total. The highest BCUT2D eigenvalue weighted by molar-refractivity contribution is 5.97. The van der Waals surface area contributed by atoms with Gasteiger partial charge in [0.2, 0.25) is 5.91 Å². The van der Waals surface area contributed by atoms with Crippen LogP contribution in [0.15, 0.2) is 60.9 Å². The molecule has 1 unspecified atom stereocenters. The number of carbonyl (C=O) groups is 3. The zero-order chi connectivity index (χ0) is 28.1. The smallest absolute Gasteiger partial charge is 0.435 e. The van der Waals surface area contributed by atoms with Crippen LogP contribution < -0.4 is 10.6 Å². The zero-order valence-corrected chi connectivity index (χ0v) is 22.4. The van der Waals surface area contributed by atoms with Gasteiger partial charge in [0.05, 0.1) is 12.1 Å². The second-order valence-electron chi connectivity index (χ2n) is 10.8. The van der Waals surface area contributed by atoms with Gasteiger partial charge in [-0.25, -0.2) is 9.59 Å². The van der Waals surface area contributed by atoms with E-state index in [1.807, 2.05) is 6.07 Å². The molecular weight excluding hydrogens is 488 g/mol. The van der Waals surface area contributed by atoms with Crippen molar-refractivity contribution in [2.45, 2.75) is 58.7 Å². The summed E-state index contributed by atoms with van der Waals surface area (Å²) in [5.41, 5.74) is 1.17. The van der Waals surface area contributed by atoms with Crippen LogP contribution >= 0.6 is 0 Å². The topological polar surface area (TPSA) is 132 Å². The standard InChI is InChI=1S/C28H34N4O6/c1-27(2,3)37-25(35)29-16-23(18-10-12-22(33)13-11-18)24(34)31-21-9-7-8-19(14-21)20-15-30-32(17-20)26(36)38-28(4,5)6/h7-15,17,23,33H,16H2,1-6H3,(H,29,35)(H,31,34). The van der Waals surface area contributed by atoms with Gasteiger partial charge in [-0.15, -0.1) is 0 Å². The van der Waals surface area contributed by atoms with E-state index in [4.69, 9.17) is 9.47 Å². The van der Waals surface area contributed by atoms with Crippen LogP contribution in [0.1, 0.15) is 53.0 Å². The van der Waals surface area contributed by atoms with E-state index in [9.17, 15) is 19.5 Å². The van der Waals surface area contributed by atoms with Crippen LogP contribution in [0.3, 0.4) is 0 Å². The lowest BCUT2D eigenvalue weighted by molar-refractivity contribution is -0.117. The molecule has 0 saturated carbocycles. The maximum absolute atomic E-state index is 13.3. The molecule has 38 heavy (non-hydrogen) atoms. The zero-order valence-electron chi connectivity index (χ0n) is 22.4. The Morgan fingerprint density at radius 1 is 0.947 bits per heavy atom. The van der Waals surface area contributed by atoms with E-state index in [1.54, 1.807) is 78.1 Å². The van der Waals surface area contributed by atoms with Gasteiger partial charge < -0.3 is 25.2 Å². The van der Waals surface area contributed by atoms with Gasteiger partial charge >= 0.3 is 12.2 Å². The quantitative estimate of drug-likeness (QED) is 0.401. The second kappa shape index (κ2) is 11.4. The molecular formula is C28H34N4O6. The maximum Gasteiger partial charge on any atom is 0.435 e. The van der Waals surface area contributed by atoms with E-state index < -0.39 is 29.3 Å². The predicted octanol–water partition coefficient (Wildman–Crippen LogP) is 5.29. The lowest BCUT2D eigenvalue weighted by Gasteiger charge is -2.22. The van der Waals surface area contributed by atoms with Crippen molar-refractivity contribution in [3.05, 3.63) is 66.5 Å². The number of ether oxygens (including phenoxy) is 2. The third-order valence-corrected chi connectivity index (χ3v) is 5.09. The van der Waals surface area contributed by atoms with E-state index in [0.717, 1.165) is 10.2 Å². The molecule has 0 saturated heterocycles. The Hall–Kier alpha value is -4.34. The van der Waals surface area contributed by atoms with Crippen LogP contribution in [0.25, 0.3) is 11.1 Å². The molecule has 0 bridgehead atoms. The van der Waals surface area contributed by atoms with Crippen LogP contribution in [-0.2, 0) is 14.3 Å². The number of nitrogens with zero attached hydrogens (tertiary/aromatic N) is 2. The van der Waals surface area contributed by atoms with E-state index in [2.05, 4.69) is 15.7 Å². The van der Waals surface area contributed by atoms with Gasteiger partial charge in [-0.2, -0.15) is 9.78 Å². The van der Waals surface area contributed by atoms with Crippen molar-refractivity contribution in [2.24, 2.45) is 0 Å². The molecule has 1 atom stereocenters. The van der Waals surface area contributed by atoms with Gasteiger partial charge in [-0.05, 0) is 76.9 Å². The number of hydrogen-bond acceptors (Lipinski definition) is 7. The number of anilines is 1. The molecule has 202 valence electrons. The summed E-state index contributed by atoms with van der Waals surface area (Å²) in [5.74, 6) is -1.07. The Labute approximate surface area is 222 Å². The van der Waals surface area contributed by atoms with Crippen molar-refractivity contribution in [1.29, 1.82) is 0 Å². The van der Waals surface area contributed by atoms with E-state index in [-0.39, 0.29) is 18.2 Å². The molecule has 1 heterocycles. The molecule has 2 amide bonds. The fourth-order valence-corrected chi connectivity index (χ4v) is 3.45. The van der Waals surface area contributed by atoms with Gasteiger partial charge in [0.1, 0.15) is 17.0 Å². The summed E-state index contributed by atoms with van der Waals surface area (Å²) in [7, 11) is 0. The molecule has 3 aromatic rings. The Morgan fingerprint density at radius 3 is 2.24 bits per heavy atom. The molecule has 10 heteroatoms. The number of alkyl carbamates (subject to hydrolysis) is 1. The average molecular weight is 523 g/mol. The Morgan fingerprint density at radius 2 is 1.61 bits per heavy atom. The van der Waals surface area contributed by atoms with Gasteiger partial charge in [0.25, 0.3) is 0 Å². The highest BCUT2D eigenvalue weighted by Gasteiger charge is 2.24. The molecule has 0 radical (unpaired) electrons. The summed E-state index contributed by atoms with van der Waals surface area (Å²) in [6, 6.07) is 13.3. The number of carbonyl (C=O) groups excluding carboxylic acids is 3. The Kier molecular flexibility index (Phi) is 8.45. The summed E-state index contributed by atoms with van der Waals surface area (Å²) in [6.07, 6.45) is 1.86. The van der Waals surface area contributed by atoms with Crippen molar-refractivity contribution in [1.82, 2.24) is 15.1 Å². The van der Waals surface area contributed by atoms with E-state index in [1.165, 1.54) is 18.3 Å². The Bertz CT molecular complexity index is 1290. The van der Waals surface area contributed by atoms with Gasteiger partial charge in [-0.3, -0.25) is 4.79 Å². The Balaban J connectivity index is 1.77. The molecule has 3 rings (SSSR count). The van der Waals surface area contributed by atoms with Crippen molar-refractivity contribution in [3.8, 4) is 16.9 Å². The number of hydrogen-bond donors (Lipinski definition) is 3. The molecule has 0 aliphatic carbocycles. The minimum atomic E-state index is -0.762. The monoisotopic (exact) mass is 522 g/mol. The normalized spacial score (nSPS) is 12.4. The van der Waals surface area contributed by atoms with E-state index in [0.29, 0.717) is 16.8 Å². The molecule has 0 spiro atoms. The van der Waals surface area contributed by atoms with Crippen LogP contribution in [0, 0.1) is 0 Å². The van der Waals surface area contributed by atoms with Gasteiger partial charge in [-0.1, -0.05) is 24.3 Å². The first-order valence-electron chi connectivity index (χ1n) is 12.2. The number of phenolic OH excluding ortho intramolecular Hbond substituents is 1. The summed E-state index contributed by atoms with van der Waals surface area (Å²) in [4.78, 5) is 37.8. The third-order valence-electron chi connectivity index (χ3n) is 5.09. The summed E-state index contributed by atoms with van der Waals surface area (Å²) >= 11 is 0.